The molecule has 2 aromatic carbocycles. The number of methoxy groups -OCH3 is 1. The number of likely N-dealkylation sites (tertiary alicyclic amines) is 1. The Morgan fingerprint density at radius 2 is 1.96 bits per heavy atom. The molecule has 1 saturated heterocycles. The fourth-order valence-corrected chi connectivity index (χ4v) is 3.45. The van der Waals surface area contributed by atoms with Crippen molar-refractivity contribution < 1.29 is 9.47 Å². The normalized spacial score (nSPS) is 18.3. The second-order valence-electron chi connectivity index (χ2n) is 5.95. The number of hydrogen-bond acceptors (Lipinski definition) is 3. The molecule has 3 nitrogen and oxygen atoms in total. The zero-order valence-corrected chi connectivity index (χ0v) is 15.0. The zero-order chi connectivity index (χ0) is 16.1. The van der Waals surface area contributed by atoms with Gasteiger partial charge in [-0.3, -0.25) is 4.90 Å². The standard InChI is InChI=1S/C19H22BrNO2/c1-22-18-7-8-21(13-18)12-16-9-17(20)11-19(10-16)23-14-15-5-3-2-4-6-15/h2-6,9-11,18H,7-8,12-14H2,1H3/t18-/m0/s1. The predicted molar refractivity (Wildman–Crippen MR) is 95.6 cm³/mol. The Morgan fingerprint density at radius 3 is 2.70 bits per heavy atom. The molecule has 0 unspecified atom stereocenters. The molecule has 1 heterocycles. The molecule has 0 N–H and O–H groups in total. The molecule has 1 aliphatic rings. The maximum absolute atomic E-state index is 5.95. The van der Waals surface area contributed by atoms with Gasteiger partial charge in [-0.25, -0.2) is 0 Å². The first-order chi connectivity index (χ1) is 11.2. The van der Waals surface area contributed by atoms with Gasteiger partial charge in [0.25, 0.3) is 0 Å². The van der Waals surface area contributed by atoms with E-state index in [9.17, 15) is 0 Å². The van der Waals surface area contributed by atoms with Crippen molar-refractivity contribution in [3.05, 3.63) is 64.1 Å². The van der Waals surface area contributed by atoms with E-state index < -0.39 is 0 Å². The summed E-state index contributed by atoms with van der Waals surface area (Å²) >= 11 is 3.59. The quantitative estimate of drug-likeness (QED) is 0.753. The van der Waals surface area contributed by atoms with Crippen molar-refractivity contribution in [1.29, 1.82) is 0 Å². The molecule has 4 heteroatoms. The van der Waals surface area contributed by atoms with Gasteiger partial charge in [0.2, 0.25) is 0 Å². The summed E-state index contributed by atoms with van der Waals surface area (Å²) in [5.74, 6) is 0.903. The van der Waals surface area contributed by atoms with Gasteiger partial charge in [-0.15, -0.1) is 0 Å². The summed E-state index contributed by atoms with van der Waals surface area (Å²) in [6.07, 6.45) is 1.48. The van der Waals surface area contributed by atoms with Gasteiger partial charge in [-0.05, 0) is 35.7 Å². The van der Waals surface area contributed by atoms with Crippen LogP contribution in [0.25, 0.3) is 0 Å². The van der Waals surface area contributed by atoms with Crippen molar-refractivity contribution in [2.45, 2.75) is 25.7 Å². The van der Waals surface area contributed by atoms with Crippen LogP contribution in [0.1, 0.15) is 17.5 Å². The Hall–Kier alpha value is -1.36. The highest BCUT2D eigenvalue weighted by atomic mass is 79.9. The summed E-state index contributed by atoms with van der Waals surface area (Å²) in [5.41, 5.74) is 2.44. The van der Waals surface area contributed by atoms with Crippen molar-refractivity contribution in [2.24, 2.45) is 0 Å². The maximum atomic E-state index is 5.95. The molecule has 23 heavy (non-hydrogen) atoms. The van der Waals surface area contributed by atoms with Crippen LogP contribution >= 0.6 is 15.9 Å². The van der Waals surface area contributed by atoms with Crippen LogP contribution in [0.5, 0.6) is 5.75 Å². The van der Waals surface area contributed by atoms with Crippen LogP contribution in [-0.2, 0) is 17.9 Å². The van der Waals surface area contributed by atoms with Gasteiger partial charge < -0.3 is 9.47 Å². The smallest absolute Gasteiger partial charge is 0.121 e. The molecule has 0 spiro atoms. The molecular formula is C19H22BrNO2. The van der Waals surface area contributed by atoms with Crippen LogP contribution in [0.3, 0.4) is 0 Å². The lowest BCUT2D eigenvalue weighted by Gasteiger charge is -2.17. The SMILES string of the molecule is CO[C@H]1CCN(Cc2cc(Br)cc(OCc3ccccc3)c2)C1. The van der Waals surface area contributed by atoms with Gasteiger partial charge in [0.1, 0.15) is 12.4 Å². The van der Waals surface area contributed by atoms with Crippen LogP contribution in [0.2, 0.25) is 0 Å². The molecule has 1 aliphatic heterocycles. The number of nitrogens with zero attached hydrogens (tertiary/aromatic N) is 1. The Kier molecular flexibility index (Phi) is 5.70. The molecule has 122 valence electrons. The van der Waals surface area contributed by atoms with E-state index in [-0.39, 0.29) is 0 Å². The second kappa shape index (κ2) is 7.95. The first-order valence-electron chi connectivity index (χ1n) is 7.94. The van der Waals surface area contributed by atoms with Crippen molar-refractivity contribution in [3.8, 4) is 5.75 Å². The minimum Gasteiger partial charge on any atom is -0.489 e. The number of rotatable bonds is 6. The Labute approximate surface area is 146 Å². The average Bonchev–Trinajstić information content (AvgIpc) is 3.01. The summed E-state index contributed by atoms with van der Waals surface area (Å²) in [5, 5.41) is 0. The maximum Gasteiger partial charge on any atom is 0.121 e. The lowest BCUT2D eigenvalue weighted by atomic mass is 10.2. The monoisotopic (exact) mass is 375 g/mol. The summed E-state index contributed by atoms with van der Waals surface area (Å²) in [6.45, 7) is 3.61. The Morgan fingerprint density at radius 1 is 1.13 bits per heavy atom. The van der Waals surface area contributed by atoms with E-state index in [0.717, 1.165) is 36.3 Å². The highest BCUT2D eigenvalue weighted by Gasteiger charge is 2.22. The third kappa shape index (κ3) is 4.80. The van der Waals surface area contributed by atoms with Gasteiger partial charge in [0, 0.05) is 31.2 Å². The average molecular weight is 376 g/mol. The van der Waals surface area contributed by atoms with Gasteiger partial charge in [-0.1, -0.05) is 46.3 Å². The van der Waals surface area contributed by atoms with Crippen molar-refractivity contribution in [3.63, 3.8) is 0 Å². The molecule has 0 bridgehead atoms. The molecule has 3 rings (SSSR count). The van der Waals surface area contributed by atoms with E-state index in [0.29, 0.717) is 12.7 Å². The van der Waals surface area contributed by atoms with Crippen molar-refractivity contribution in [2.75, 3.05) is 20.2 Å². The third-order valence-corrected chi connectivity index (χ3v) is 4.61. The molecular weight excluding hydrogens is 354 g/mol. The summed E-state index contributed by atoms with van der Waals surface area (Å²) < 4.78 is 12.4. The Bertz CT molecular complexity index is 633. The van der Waals surface area contributed by atoms with Crippen molar-refractivity contribution in [1.82, 2.24) is 4.90 Å². The fourth-order valence-electron chi connectivity index (χ4n) is 2.93. The largest absolute Gasteiger partial charge is 0.489 e. The summed E-state index contributed by atoms with van der Waals surface area (Å²) in [6, 6.07) is 16.6. The highest BCUT2D eigenvalue weighted by Crippen LogP contribution is 2.24. The second-order valence-corrected chi connectivity index (χ2v) is 6.87. The summed E-state index contributed by atoms with van der Waals surface area (Å²) in [4.78, 5) is 2.43. The molecule has 2 aromatic rings. The Balaban J connectivity index is 1.62. The minimum atomic E-state index is 0.371. The van der Waals surface area contributed by atoms with Crippen LogP contribution in [0, 0.1) is 0 Å². The zero-order valence-electron chi connectivity index (χ0n) is 13.4. The molecule has 0 amide bonds. The van der Waals surface area contributed by atoms with Crippen LogP contribution in [0.4, 0.5) is 0 Å². The van der Waals surface area contributed by atoms with Crippen LogP contribution < -0.4 is 4.74 Å². The molecule has 0 aliphatic carbocycles. The van der Waals surface area contributed by atoms with Crippen molar-refractivity contribution >= 4 is 15.9 Å². The summed E-state index contributed by atoms with van der Waals surface area (Å²) in [7, 11) is 1.79. The van der Waals surface area contributed by atoms with Gasteiger partial charge in [0.15, 0.2) is 0 Å². The third-order valence-electron chi connectivity index (χ3n) is 4.15. The molecule has 0 saturated carbocycles. The number of hydrogen-bond donors (Lipinski definition) is 0. The van der Waals surface area contributed by atoms with E-state index in [4.69, 9.17) is 9.47 Å². The molecule has 0 aromatic heterocycles. The van der Waals surface area contributed by atoms with E-state index in [2.05, 4.69) is 45.1 Å². The highest BCUT2D eigenvalue weighted by molar-refractivity contribution is 9.10. The van der Waals surface area contributed by atoms with E-state index in [1.54, 1.807) is 7.11 Å². The molecule has 1 atom stereocenters. The number of benzene rings is 2. The van der Waals surface area contributed by atoms with Crippen LogP contribution in [-0.4, -0.2) is 31.2 Å². The topological polar surface area (TPSA) is 21.7 Å². The van der Waals surface area contributed by atoms with E-state index in [1.165, 1.54) is 11.1 Å². The fraction of sp³-hybridized carbons (Fsp3) is 0.368. The predicted octanol–water partition coefficient (Wildman–Crippen LogP) is 4.25. The lowest BCUT2D eigenvalue weighted by Crippen LogP contribution is -2.22. The number of ether oxygens (including phenoxy) is 2. The van der Waals surface area contributed by atoms with Gasteiger partial charge in [-0.2, -0.15) is 0 Å². The first-order valence-corrected chi connectivity index (χ1v) is 8.73. The van der Waals surface area contributed by atoms with Crippen LogP contribution in [0.15, 0.2) is 53.0 Å². The number of halogens is 1. The van der Waals surface area contributed by atoms with E-state index >= 15 is 0 Å². The molecule has 1 fully saturated rings. The van der Waals surface area contributed by atoms with E-state index in [1.807, 2.05) is 24.3 Å². The van der Waals surface area contributed by atoms with Gasteiger partial charge >= 0.3 is 0 Å². The first kappa shape index (κ1) is 16.5. The minimum absolute atomic E-state index is 0.371. The molecule has 0 radical (unpaired) electrons. The van der Waals surface area contributed by atoms with Gasteiger partial charge in [0.05, 0.1) is 6.10 Å². The lowest BCUT2D eigenvalue weighted by molar-refractivity contribution is 0.107.